The normalized spacial score (nSPS) is 25.5. The van der Waals surface area contributed by atoms with Crippen molar-refractivity contribution in [3.05, 3.63) is 42.0 Å². The standard InChI is InChI=1S/C19H27NO2/c1-19(14-8-7-11-17(19)15-20(2)3)22-18(21)13-12-16-9-5-4-6-10-16/h4-6,9-10,12-13,17H,7-8,11,14-15H2,1-3H3/b13-12-. The van der Waals surface area contributed by atoms with Crippen LogP contribution in [0.4, 0.5) is 0 Å². The SMILES string of the molecule is CN(C)CC1CCCCC1(C)OC(=O)/C=C\c1ccccc1. The van der Waals surface area contributed by atoms with Crippen LogP contribution in [0.2, 0.25) is 0 Å². The van der Waals surface area contributed by atoms with Crippen molar-refractivity contribution in [3.63, 3.8) is 0 Å². The molecule has 0 spiro atoms. The third-order valence-electron chi connectivity index (χ3n) is 4.47. The summed E-state index contributed by atoms with van der Waals surface area (Å²) in [7, 11) is 4.15. The fourth-order valence-corrected chi connectivity index (χ4v) is 3.23. The molecule has 1 aromatic rings. The van der Waals surface area contributed by atoms with Gasteiger partial charge < -0.3 is 9.64 Å². The Balaban J connectivity index is 1.99. The second-order valence-electron chi connectivity index (χ2n) is 6.68. The highest BCUT2D eigenvalue weighted by Gasteiger charge is 2.39. The van der Waals surface area contributed by atoms with E-state index in [2.05, 4.69) is 25.9 Å². The zero-order valence-electron chi connectivity index (χ0n) is 13.9. The molecule has 22 heavy (non-hydrogen) atoms. The Morgan fingerprint density at radius 1 is 1.32 bits per heavy atom. The molecule has 2 atom stereocenters. The molecular formula is C19H27NO2. The van der Waals surface area contributed by atoms with Crippen molar-refractivity contribution >= 4 is 12.0 Å². The molecule has 0 aromatic heterocycles. The Morgan fingerprint density at radius 3 is 2.73 bits per heavy atom. The van der Waals surface area contributed by atoms with E-state index in [1.54, 1.807) is 6.08 Å². The van der Waals surface area contributed by atoms with Crippen LogP contribution in [0.5, 0.6) is 0 Å². The van der Waals surface area contributed by atoms with Crippen LogP contribution in [0.3, 0.4) is 0 Å². The predicted molar refractivity (Wildman–Crippen MR) is 90.5 cm³/mol. The van der Waals surface area contributed by atoms with Gasteiger partial charge in [-0.2, -0.15) is 0 Å². The lowest BCUT2D eigenvalue weighted by molar-refractivity contribution is -0.162. The first-order chi connectivity index (χ1) is 10.5. The molecule has 0 bridgehead atoms. The van der Waals surface area contributed by atoms with E-state index in [1.807, 2.05) is 36.4 Å². The number of nitrogens with zero attached hydrogens (tertiary/aromatic N) is 1. The van der Waals surface area contributed by atoms with Gasteiger partial charge in [-0.15, -0.1) is 0 Å². The van der Waals surface area contributed by atoms with E-state index in [1.165, 1.54) is 6.42 Å². The quantitative estimate of drug-likeness (QED) is 0.613. The number of carbonyl (C=O) groups is 1. The largest absolute Gasteiger partial charge is 0.456 e. The number of carbonyl (C=O) groups excluding carboxylic acids is 1. The van der Waals surface area contributed by atoms with E-state index in [-0.39, 0.29) is 11.6 Å². The van der Waals surface area contributed by atoms with Crippen molar-refractivity contribution in [1.29, 1.82) is 0 Å². The minimum atomic E-state index is -0.347. The van der Waals surface area contributed by atoms with Crippen LogP contribution < -0.4 is 0 Å². The second kappa shape index (κ2) is 7.59. The summed E-state index contributed by atoms with van der Waals surface area (Å²) in [6.45, 7) is 3.06. The minimum Gasteiger partial charge on any atom is -0.456 e. The van der Waals surface area contributed by atoms with Gasteiger partial charge >= 0.3 is 5.97 Å². The summed E-state index contributed by atoms with van der Waals surface area (Å²) in [6, 6.07) is 9.83. The average molecular weight is 301 g/mol. The van der Waals surface area contributed by atoms with Crippen molar-refractivity contribution in [2.45, 2.75) is 38.2 Å². The van der Waals surface area contributed by atoms with Crippen LogP contribution in [0.25, 0.3) is 6.08 Å². The maximum Gasteiger partial charge on any atom is 0.331 e. The molecule has 0 amide bonds. The first-order valence-electron chi connectivity index (χ1n) is 8.10. The number of hydrogen-bond donors (Lipinski definition) is 0. The number of hydrogen-bond acceptors (Lipinski definition) is 3. The lowest BCUT2D eigenvalue weighted by Gasteiger charge is -2.41. The maximum atomic E-state index is 12.2. The molecule has 0 aliphatic heterocycles. The lowest BCUT2D eigenvalue weighted by Crippen LogP contribution is -2.46. The molecule has 1 aliphatic rings. The van der Waals surface area contributed by atoms with Crippen LogP contribution in [-0.2, 0) is 9.53 Å². The monoisotopic (exact) mass is 301 g/mol. The molecule has 3 heteroatoms. The summed E-state index contributed by atoms with van der Waals surface area (Å²) >= 11 is 0. The van der Waals surface area contributed by atoms with Crippen LogP contribution in [0.1, 0.15) is 38.2 Å². The van der Waals surface area contributed by atoms with Gasteiger partial charge in [-0.25, -0.2) is 4.79 Å². The third-order valence-corrected chi connectivity index (χ3v) is 4.47. The van der Waals surface area contributed by atoms with E-state index in [4.69, 9.17) is 4.74 Å². The highest BCUT2D eigenvalue weighted by Crippen LogP contribution is 2.37. The number of rotatable bonds is 5. The van der Waals surface area contributed by atoms with E-state index in [9.17, 15) is 4.79 Å². The van der Waals surface area contributed by atoms with Crippen LogP contribution in [-0.4, -0.2) is 37.1 Å². The summed E-state index contributed by atoms with van der Waals surface area (Å²) in [5.74, 6) is 0.169. The Labute approximate surface area is 134 Å². The molecule has 1 saturated carbocycles. The van der Waals surface area contributed by atoms with Crippen LogP contribution in [0, 0.1) is 5.92 Å². The van der Waals surface area contributed by atoms with Gasteiger partial charge in [0.2, 0.25) is 0 Å². The van der Waals surface area contributed by atoms with Gasteiger partial charge in [-0.3, -0.25) is 0 Å². The molecule has 0 saturated heterocycles. The Hall–Kier alpha value is -1.61. The van der Waals surface area contributed by atoms with Gasteiger partial charge in [-0.05, 0) is 51.9 Å². The number of benzene rings is 1. The zero-order chi connectivity index (χ0) is 16.0. The fraction of sp³-hybridized carbons (Fsp3) is 0.526. The summed E-state index contributed by atoms with van der Waals surface area (Å²) in [5.41, 5.74) is 0.666. The summed E-state index contributed by atoms with van der Waals surface area (Å²) in [4.78, 5) is 14.4. The average Bonchev–Trinajstić information content (AvgIpc) is 2.48. The van der Waals surface area contributed by atoms with E-state index >= 15 is 0 Å². The summed E-state index contributed by atoms with van der Waals surface area (Å²) in [5, 5.41) is 0. The number of esters is 1. The van der Waals surface area contributed by atoms with Gasteiger partial charge in [0, 0.05) is 18.5 Å². The first kappa shape index (κ1) is 16.8. The molecule has 1 aliphatic carbocycles. The predicted octanol–water partition coefficient (Wildman–Crippen LogP) is 3.75. The van der Waals surface area contributed by atoms with Crippen LogP contribution in [0.15, 0.2) is 36.4 Å². The molecule has 0 radical (unpaired) electrons. The van der Waals surface area contributed by atoms with Crippen LogP contribution >= 0.6 is 0 Å². The summed E-state index contributed by atoms with van der Waals surface area (Å²) in [6.07, 6.45) is 7.81. The number of ether oxygens (including phenoxy) is 1. The van der Waals surface area contributed by atoms with Gasteiger partial charge in [0.15, 0.2) is 0 Å². The maximum absolute atomic E-state index is 12.2. The topological polar surface area (TPSA) is 29.5 Å². The molecule has 1 fully saturated rings. The molecule has 3 nitrogen and oxygen atoms in total. The van der Waals surface area contributed by atoms with Gasteiger partial charge in [-0.1, -0.05) is 36.8 Å². The van der Waals surface area contributed by atoms with Gasteiger partial charge in [0.25, 0.3) is 0 Å². The molecule has 2 rings (SSSR count). The van der Waals surface area contributed by atoms with Gasteiger partial charge in [0.05, 0.1) is 0 Å². The van der Waals surface area contributed by atoms with E-state index in [0.29, 0.717) is 5.92 Å². The second-order valence-corrected chi connectivity index (χ2v) is 6.68. The van der Waals surface area contributed by atoms with Crippen molar-refractivity contribution in [3.8, 4) is 0 Å². The lowest BCUT2D eigenvalue weighted by atomic mass is 9.76. The first-order valence-corrected chi connectivity index (χ1v) is 8.10. The molecule has 0 N–H and O–H groups in total. The smallest absolute Gasteiger partial charge is 0.331 e. The molecule has 1 aromatic carbocycles. The fourth-order valence-electron chi connectivity index (χ4n) is 3.23. The highest BCUT2D eigenvalue weighted by molar-refractivity contribution is 5.87. The Bertz CT molecular complexity index is 509. The van der Waals surface area contributed by atoms with Crippen molar-refractivity contribution in [2.75, 3.05) is 20.6 Å². The minimum absolute atomic E-state index is 0.239. The van der Waals surface area contributed by atoms with E-state index < -0.39 is 0 Å². The van der Waals surface area contributed by atoms with Gasteiger partial charge in [0.1, 0.15) is 5.60 Å². The van der Waals surface area contributed by atoms with Crippen molar-refractivity contribution < 1.29 is 9.53 Å². The summed E-state index contributed by atoms with van der Waals surface area (Å²) < 4.78 is 5.86. The highest BCUT2D eigenvalue weighted by atomic mass is 16.6. The zero-order valence-corrected chi connectivity index (χ0v) is 13.9. The molecular weight excluding hydrogens is 274 g/mol. The molecule has 2 unspecified atom stereocenters. The Morgan fingerprint density at radius 2 is 2.05 bits per heavy atom. The third kappa shape index (κ3) is 4.70. The van der Waals surface area contributed by atoms with Crippen molar-refractivity contribution in [1.82, 2.24) is 4.90 Å². The molecule has 0 heterocycles. The van der Waals surface area contributed by atoms with Crippen molar-refractivity contribution in [2.24, 2.45) is 5.92 Å². The van der Waals surface area contributed by atoms with E-state index in [0.717, 1.165) is 31.4 Å². The Kier molecular flexibility index (Phi) is 5.78. The molecule has 120 valence electrons.